The zero-order valence-corrected chi connectivity index (χ0v) is 15.0. The predicted molar refractivity (Wildman–Crippen MR) is 102 cm³/mol. The lowest BCUT2D eigenvalue weighted by atomic mass is 9.99. The molecule has 0 saturated carbocycles. The number of imidazole rings is 1. The van der Waals surface area contributed by atoms with Crippen molar-refractivity contribution in [3.63, 3.8) is 0 Å². The van der Waals surface area contributed by atoms with Gasteiger partial charge in [-0.15, -0.1) is 0 Å². The number of nitrogens with zero attached hydrogens (tertiary/aromatic N) is 5. The molecule has 0 N–H and O–H groups in total. The Kier molecular flexibility index (Phi) is 3.57. The van der Waals surface area contributed by atoms with E-state index < -0.39 is 0 Å². The Morgan fingerprint density at radius 3 is 2.78 bits per heavy atom. The van der Waals surface area contributed by atoms with Crippen molar-refractivity contribution >= 4 is 11.6 Å². The van der Waals surface area contributed by atoms with Crippen LogP contribution in [0.1, 0.15) is 21.7 Å². The van der Waals surface area contributed by atoms with Crippen LogP contribution in [0.5, 0.6) is 0 Å². The van der Waals surface area contributed by atoms with Gasteiger partial charge in [-0.25, -0.2) is 4.98 Å². The van der Waals surface area contributed by atoms with Crippen molar-refractivity contribution in [2.45, 2.75) is 13.0 Å². The van der Waals surface area contributed by atoms with Crippen LogP contribution >= 0.6 is 0 Å². The maximum absolute atomic E-state index is 13.1. The van der Waals surface area contributed by atoms with Gasteiger partial charge in [0.25, 0.3) is 5.91 Å². The number of hydrogen-bond donors (Lipinski definition) is 0. The van der Waals surface area contributed by atoms with E-state index in [1.807, 2.05) is 63.6 Å². The molecule has 4 aromatic rings. The smallest absolute Gasteiger partial charge is 0.271 e. The van der Waals surface area contributed by atoms with Crippen molar-refractivity contribution < 1.29 is 4.79 Å². The average Bonchev–Trinajstić information content (AvgIpc) is 3.30. The van der Waals surface area contributed by atoms with Gasteiger partial charge in [0.15, 0.2) is 0 Å². The fraction of sp³-hybridized carbons (Fsp3) is 0.190. The number of carbonyl (C=O) groups excluding carboxylic acids is 1. The van der Waals surface area contributed by atoms with E-state index in [1.165, 1.54) is 5.56 Å². The summed E-state index contributed by atoms with van der Waals surface area (Å²) in [6.45, 7) is 1.21. The maximum Gasteiger partial charge on any atom is 0.271 e. The van der Waals surface area contributed by atoms with Gasteiger partial charge in [-0.1, -0.05) is 36.4 Å². The highest BCUT2D eigenvalue weighted by molar-refractivity contribution is 5.93. The third kappa shape index (κ3) is 2.52. The minimum atomic E-state index is 0.0103. The lowest BCUT2D eigenvalue weighted by Crippen LogP contribution is -2.36. The number of hydrogen-bond acceptors (Lipinski definition) is 3. The van der Waals surface area contributed by atoms with Crippen LogP contribution in [-0.2, 0) is 20.0 Å². The molecule has 1 aliphatic rings. The average molecular weight is 357 g/mol. The van der Waals surface area contributed by atoms with Crippen molar-refractivity contribution in [1.29, 1.82) is 0 Å². The van der Waals surface area contributed by atoms with Crippen LogP contribution in [0, 0.1) is 0 Å². The summed E-state index contributed by atoms with van der Waals surface area (Å²) in [6, 6.07) is 15.9. The van der Waals surface area contributed by atoms with Gasteiger partial charge in [-0.2, -0.15) is 5.10 Å². The summed E-state index contributed by atoms with van der Waals surface area (Å²) in [6.07, 6.45) is 4.34. The van der Waals surface area contributed by atoms with Gasteiger partial charge in [-0.3, -0.25) is 13.9 Å². The number of rotatable bonds is 2. The fourth-order valence-corrected chi connectivity index (χ4v) is 3.93. The van der Waals surface area contributed by atoms with E-state index in [4.69, 9.17) is 5.10 Å². The molecule has 0 spiro atoms. The molecule has 134 valence electrons. The molecule has 27 heavy (non-hydrogen) atoms. The van der Waals surface area contributed by atoms with Crippen LogP contribution in [0.3, 0.4) is 0 Å². The predicted octanol–water partition coefficient (Wildman–Crippen LogP) is 2.93. The Hall–Kier alpha value is -3.41. The lowest BCUT2D eigenvalue weighted by molar-refractivity contribution is 0.0725. The van der Waals surface area contributed by atoms with Gasteiger partial charge >= 0.3 is 0 Å². The summed E-state index contributed by atoms with van der Waals surface area (Å²) in [5, 5.41) is 4.71. The summed E-state index contributed by atoms with van der Waals surface area (Å²) < 4.78 is 3.77. The van der Waals surface area contributed by atoms with E-state index in [0.717, 1.165) is 29.0 Å². The Balaban J connectivity index is 1.49. The van der Waals surface area contributed by atoms with Crippen LogP contribution < -0.4 is 0 Å². The number of aryl methyl sites for hydroxylation is 1. The highest BCUT2D eigenvalue weighted by Crippen LogP contribution is 2.30. The molecular weight excluding hydrogens is 338 g/mol. The molecule has 3 aromatic heterocycles. The maximum atomic E-state index is 13.1. The Bertz CT molecular complexity index is 1140. The number of benzene rings is 1. The van der Waals surface area contributed by atoms with Crippen LogP contribution in [-0.4, -0.2) is 36.5 Å². The van der Waals surface area contributed by atoms with Crippen molar-refractivity contribution in [2.24, 2.45) is 7.05 Å². The van der Waals surface area contributed by atoms with Gasteiger partial charge < -0.3 is 4.90 Å². The van der Waals surface area contributed by atoms with Crippen LogP contribution in [0.2, 0.25) is 0 Å². The third-order valence-corrected chi connectivity index (χ3v) is 5.18. The van der Waals surface area contributed by atoms with Gasteiger partial charge in [-0.05, 0) is 18.6 Å². The van der Waals surface area contributed by atoms with Crippen molar-refractivity contribution in [2.75, 3.05) is 6.54 Å². The summed E-state index contributed by atoms with van der Waals surface area (Å²) >= 11 is 0. The van der Waals surface area contributed by atoms with E-state index in [9.17, 15) is 4.79 Å². The third-order valence-electron chi connectivity index (χ3n) is 5.18. The molecule has 6 heteroatoms. The molecule has 1 aliphatic heterocycles. The number of fused-ring (bicyclic) bond motifs is 2. The van der Waals surface area contributed by atoms with Crippen molar-refractivity contribution in [3.05, 3.63) is 77.9 Å². The van der Waals surface area contributed by atoms with E-state index in [0.29, 0.717) is 18.8 Å². The molecule has 4 heterocycles. The van der Waals surface area contributed by atoms with Gasteiger partial charge in [0.1, 0.15) is 11.3 Å². The number of amides is 1. The first kappa shape index (κ1) is 15.8. The van der Waals surface area contributed by atoms with Crippen LogP contribution in [0.15, 0.2) is 60.9 Å². The zero-order chi connectivity index (χ0) is 18.4. The second-order valence-electron chi connectivity index (χ2n) is 6.81. The van der Waals surface area contributed by atoms with Crippen molar-refractivity contribution in [3.8, 4) is 11.3 Å². The van der Waals surface area contributed by atoms with E-state index in [2.05, 4.69) is 17.1 Å². The molecule has 5 rings (SSSR count). The Morgan fingerprint density at radius 2 is 1.93 bits per heavy atom. The van der Waals surface area contributed by atoms with Crippen LogP contribution in [0.4, 0.5) is 0 Å². The molecule has 0 atom stereocenters. The molecule has 0 aliphatic carbocycles. The first-order chi connectivity index (χ1) is 13.2. The number of aromatic nitrogens is 4. The standard InChI is InChI=1S/C21H19N5O/c1-24-20(15-6-3-2-4-7-15)16-10-12-25(14-17(16)23-24)21(27)18-8-5-9-19-22-11-13-26(18)19/h2-9,11,13H,10,12,14H2,1H3. The van der Waals surface area contributed by atoms with Crippen LogP contribution in [0.25, 0.3) is 16.9 Å². The molecule has 0 unspecified atom stereocenters. The van der Waals surface area contributed by atoms with Crippen molar-refractivity contribution in [1.82, 2.24) is 24.1 Å². The minimum absolute atomic E-state index is 0.0103. The highest BCUT2D eigenvalue weighted by atomic mass is 16.2. The first-order valence-electron chi connectivity index (χ1n) is 9.04. The summed E-state index contributed by atoms with van der Waals surface area (Å²) in [5.41, 5.74) is 5.95. The lowest BCUT2D eigenvalue weighted by Gasteiger charge is -2.27. The van der Waals surface area contributed by atoms with E-state index in [1.54, 1.807) is 6.20 Å². The number of pyridine rings is 1. The molecule has 0 fully saturated rings. The van der Waals surface area contributed by atoms with E-state index in [-0.39, 0.29) is 5.91 Å². The van der Waals surface area contributed by atoms with Gasteiger partial charge in [0, 0.05) is 37.1 Å². The molecule has 1 amide bonds. The van der Waals surface area contributed by atoms with E-state index >= 15 is 0 Å². The first-order valence-corrected chi connectivity index (χ1v) is 9.04. The molecule has 0 bridgehead atoms. The quantitative estimate of drug-likeness (QED) is 0.554. The molecule has 0 saturated heterocycles. The summed E-state index contributed by atoms with van der Waals surface area (Å²) in [7, 11) is 1.97. The molecule has 6 nitrogen and oxygen atoms in total. The monoisotopic (exact) mass is 357 g/mol. The zero-order valence-electron chi connectivity index (χ0n) is 15.0. The largest absolute Gasteiger partial charge is 0.331 e. The topological polar surface area (TPSA) is 55.4 Å². The summed E-state index contributed by atoms with van der Waals surface area (Å²) in [4.78, 5) is 19.3. The summed E-state index contributed by atoms with van der Waals surface area (Å²) in [5.74, 6) is 0.0103. The SMILES string of the molecule is Cn1nc2c(c1-c1ccccc1)CCN(C(=O)c1cccc3nccn13)C2. The Morgan fingerprint density at radius 1 is 1.07 bits per heavy atom. The normalized spacial score (nSPS) is 13.7. The second-order valence-corrected chi connectivity index (χ2v) is 6.81. The number of carbonyl (C=O) groups is 1. The van der Waals surface area contributed by atoms with Gasteiger partial charge in [0.05, 0.1) is 17.9 Å². The van der Waals surface area contributed by atoms with Gasteiger partial charge in [0.2, 0.25) is 0 Å². The second kappa shape index (κ2) is 6.09. The fourth-order valence-electron chi connectivity index (χ4n) is 3.93. The Labute approximate surface area is 156 Å². The molecule has 1 aromatic carbocycles. The molecule has 0 radical (unpaired) electrons. The highest BCUT2D eigenvalue weighted by Gasteiger charge is 2.28. The minimum Gasteiger partial charge on any atom is -0.331 e. The molecular formula is C21H19N5O.